The number of nitrogens with two attached hydrogens (primary N) is 1. The molecule has 0 aromatic heterocycles. The van der Waals surface area contributed by atoms with Crippen molar-refractivity contribution in [1.29, 1.82) is 0 Å². The molecule has 0 bridgehead atoms. The molecule has 2 N–H and O–H groups in total. The third-order valence-corrected chi connectivity index (χ3v) is 3.75. The molecule has 0 aliphatic rings. The lowest BCUT2D eigenvalue weighted by Gasteiger charge is -2.11. The maximum Gasteiger partial charge on any atom is 0.338 e. The number of primary sulfonamides is 1. The summed E-state index contributed by atoms with van der Waals surface area (Å²) in [7, 11) is -3.86. The van der Waals surface area contributed by atoms with Crippen molar-refractivity contribution in [3.63, 3.8) is 0 Å². The van der Waals surface area contributed by atoms with Crippen molar-refractivity contribution < 1.29 is 22.7 Å². The molecule has 0 aliphatic carbocycles. The van der Waals surface area contributed by atoms with E-state index in [2.05, 4.69) is 0 Å². The van der Waals surface area contributed by atoms with Gasteiger partial charge in [0.05, 0.1) is 17.1 Å². The highest BCUT2D eigenvalue weighted by molar-refractivity contribution is 7.89. The first-order valence-electron chi connectivity index (χ1n) is 6.16. The highest BCUT2D eigenvalue weighted by Crippen LogP contribution is 2.20. The van der Waals surface area contributed by atoms with Crippen molar-refractivity contribution in [3.05, 3.63) is 28.8 Å². The highest BCUT2D eigenvalue weighted by atomic mass is 32.2. The summed E-state index contributed by atoms with van der Waals surface area (Å²) < 4.78 is 32.8. The number of carbonyl (C=O) groups is 1. The Morgan fingerprint density at radius 1 is 1.25 bits per heavy atom. The monoisotopic (exact) mass is 301 g/mol. The van der Waals surface area contributed by atoms with Crippen LogP contribution in [0.25, 0.3) is 0 Å². The van der Waals surface area contributed by atoms with Crippen LogP contribution in [-0.2, 0) is 19.5 Å². The first-order chi connectivity index (χ1) is 9.27. The van der Waals surface area contributed by atoms with Gasteiger partial charge in [0, 0.05) is 6.61 Å². The molecular formula is C13H19NO5S. The summed E-state index contributed by atoms with van der Waals surface area (Å²) in [6.45, 7) is 6.23. The Balaban J connectivity index is 2.99. The Labute approximate surface area is 118 Å². The second kappa shape index (κ2) is 6.83. The van der Waals surface area contributed by atoms with E-state index in [4.69, 9.17) is 14.6 Å². The minimum atomic E-state index is -3.86. The second-order valence-corrected chi connectivity index (χ2v) is 5.85. The Kier molecular flexibility index (Phi) is 5.67. The van der Waals surface area contributed by atoms with E-state index in [0.717, 1.165) is 0 Å². The average molecular weight is 301 g/mol. The number of rotatable bonds is 6. The second-order valence-electron chi connectivity index (χ2n) is 4.29. The lowest BCUT2D eigenvalue weighted by atomic mass is 10.0. The van der Waals surface area contributed by atoms with Gasteiger partial charge in [-0.3, -0.25) is 0 Å². The van der Waals surface area contributed by atoms with Crippen LogP contribution in [0.1, 0.15) is 28.4 Å². The average Bonchev–Trinajstić information content (AvgIpc) is 2.36. The summed E-state index contributed by atoms with van der Waals surface area (Å²) in [5, 5.41) is 5.08. The fourth-order valence-electron chi connectivity index (χ4n) is 1.62. The van der Waals surface area contributed by atoms with Crippen LogP contribution in [0.15, 0.2) is 17.0 Å². The number of ether oxygens (including phenoxy) is 2. The van der Waals surface area contributed by atoms with Crippen molar-refractivity contribution in [2.45, 2.75) is 25.7 Å². The molecule has 0 unspecified atom stereocenters. The minimum absolute atomic E-state index is 0.0997. The Morgan fingerprint density at radius 3 is 2.45 bits per heavy atom. The van der Waals surface area contributed by atoms with Gasteiger partial charge in [-0.2, -0.15) is 0 Å². The largest absolute Gasteiger partial charge is 0.460 e. The Bertz CT molecular complexity index is 595. The Morgan fingerprint density at radius 2 is 1.90 bits per heavy atom. The number of hydrogen-bond acceptors (Lipinski definition) is 5. The van der Waals surface area contributed by atoms with E-state index in [1.165, 1.54) is 12.1 Å². The van der Waals surface area contributed by atoms with Gasteiger partial charge in [-0.15, -0.1) is 0 Å². The zero-order chi connectivity index (χ0) is 15.3. The lowest BCUT2D eigenvalue weighted by molar-refractivity contribution is 0.0334. The molecule has 112 valence electrons. The van der Waals surface area contributed by atoms with Gasteiger partial charge in [0.1, 0.15) is 6.61 Å². The number of carbonyl (C=O) groups excluding carboxylic acids is 1. The van der Waals surface area contributed by atoms with E-state index >= 15 is 0 Å². The van der Waals surface area contributed by atoms with E-state index in [0.29, 0.717) is 24.3 Å². The fraction of sp³-hybridized carbons (Fsp3) is 0.462. The molecule has 1 aromatic rings. The van der Waals surface area contributed by atoms with Crippen LogP contribution in [0.5, 0.6) is 0 Å². The van der Waals surface area contributed by atoms with Crippen LogP contribution in [0, 0.1) is 13.8 Å². The number of hydrogen-bond donors (Lipinski definition) is 1. The molecule has 7 heteroatoms. The SMILES string of the molecule is CCOCCOC(=O)c1cc(S(N)(=O)=O)cc(C)c1C. The predicted molar refractivity (Wildman–Crippen MR) is 74.1 cm³/mol. The quantitative estimate of drug-likeness (QED) is 0.628. The van der Waals surface area contributed by atoms with Gasteiger partial charge in [-0.1, -0.05) is 0 Å². The number of benzene rings is 1. The smallest absolute Gasteiger partial charge is 0.338 e. The van der Waals surface area contributed by atoms with Crippen LogP contribution in [0.2, 0.25) is 0 Å². The number of esters is 1. The summed E-state index contributed by atoms with van der Waals surface area (Å²) in [6.07, 6.45) is 0. The number of aryl methyl sites for hydroxylation is 1. The molecule has 0 saturated heterocycles. The molecular weight excluding hydrogens is 282 g/mol. The normalized spacial score (nSPS) is 11.4. The lowest BCUT2D eigenvalue weighted by Crippen LogP contribution is -2.16. The van der Waals surface area contributed by atoms with Gasteiger partial charge < -0.3 is 9.47 Å². The van der Waals surface area contributed by atoms with Crippen LogP contribution in [-0.4, -0.2) is 34.2 Å². The molecule has 0 amide bonds. The molecule has 0 heterocycles. The summed E-state index contributed by atoms with van der Waals surface area (Å²) in [5.74, 6) is -0.587. The summed E-state index contributed by atoms with van der Waals surface area (Å²) in [5.41, 5.74) is 1.53. The van der Waals surface area contributed by atoms with Crippen LogP contribution in [0.3, 0.4) is 0 Å². The molecule has 0 aliphatic heterocycles. The molecule has 0 saturated carbocycles. The van der Waals surface area contributed by atoms with Crippen LogP contribution >= 0.6 is 0 Å². The van der Waals surface area contributed by atoms with Gasteiger partial charge in [-0.05, 0) is 44.0 Å². The van der Waals surface area contributed by atoms with E-state index < -0.39 is 16.0 Å². The van der Waals surface area contributed by atoms with Crippen molar-refractivity contribution in [2.24, 2.45) is 5.14 Å². The maximum absolute atomic E-state index is 11.9. The fourth-order valence-corrected chi connectivity index (χ4v) is 2.24. The van der Waals surface area contributed by atoms with Crippen LogP contribution < -0.4 is 5.14 Å². The van der Waals surface area contributed by atoms with Crippen molar-refractivity contribution >= 4 is 16.0 Å². The third kappa shape index (κ3) is 4.29. The van der Waals surface area contributed by atoms with E-state index in [1.807, 2.05) is 6.92 Å². The van der Waals surface area contributed by atoms with E-state index in [-0.39, 0.29) is 17.1 Å². The van der Waals surface area contributed by atoms with Crippen molar-refractivity contribution in [1.82, 2.24) is 0 Å². The molecule has 1 aromatic carbocycles. The van der Waals surface area contributed by atoms with E-state index in [1.54, 1.807) is 13.8 Å². The summed E-state index contributed by atoms with van der Waals surface area (Å²) >= 11 is 0. The number of sulfonamides is 1. The zero-order valence-corrected chi connectivity index (χ0v) is 12.6. The van der Waals surface area contributed by atoms with Gasteiger partial charge in [0.2, 0.25) is 10.0 Å². The highest BCUT2D eigenvalue weighted by Gasteiger charge is 2.17. The predicted octanol–water partition coefficient (Wildman–Crippen LogP) is 1.14. The maximum atomic E-state index is 11.9. The topological polar surface area (TPSA) is 95.7 Å². The molecule has 1 rings (SSSR count). The molecule has 0 radical (unpaired) electrons. The van der Waals surface area contributed by atoms with E-state index in [9.17, 15) is 13.2 Å². The Hall–Kier alpha value is -1.44. The van der Waals surface area contributed by atoms with Crippen molar-refractivity contribution in [3.8, 4) is 0 Å². The standard InChI is InChI=1S/C13H19NO5S/c1-4-18-5-6-19-13(15)12-8-11(20(14,16)17)7-9(2)10(12)3/h7-8H,4-6H2,1-3H3,(H2,14,16,17). The molecule has 20 heavy (non-hydrogen) atoms. The van der Waals surface area contributed by atoms with Gasteiger partial charge in [0.25, 0.3) is 0 Å². The summed E-state index contributed by atoms with van der Waals surface area (Å²) in [6, 6.07) is 2.67. The van der Waals surface area contributed by atoms with Crippen molar-refractivity contribution in [2.75, 3.05) is 19.8 Å². The zero-order valence-electron chi connectivity index (χ0n) is 11.8. The van der Waals surface area contributed by atoms with Crippen LogP contribution in [0.4, 0.5) is 0 Å². The van der Waals surface area contributed by atoms with Gasteiger partial charge in [0.15, 0.2) is 0 Å². The minimum Gasteiger partial charge on any atom is -0.460 e. The van der Waals surface area contributed by atoms with Gasteiger partial charge in [-0.25, -0.2) is 18.4 Å². The molecule has 6 nitrogen and oxygen atoms in total. The molecule has 0 spiro atoms. The summed E-state index contributed by atoms with van der Waals surface area (Å²) in [4.78, 5) is 11.8. The molecule has 0 atom stereocenters. The third-order valence-electron chi connectivity index (χ3n) is 2.85. The molecule has 0 fully saturated rings. The first kappa shape index (κ1) is 16.6. The van der Waals surface area contributed by atoms with Gasteiger partial charge >= 0.3 is 5.97 Å². The first-order valence-corrected chi connectivity index (χ1v) is 7.71.